The van der Waals surface area contributed by atoms with Gasteiger partial charge in [-0.2, -0.15) is 0 Å². The average molecular weight is 185 g/mol. The van der Waals surface area contributed by atoms with E-state index in [2.05, 4.69) is 17.3 Å². The van der Waals surface area contributed by atoms with Crippen LogP contribution in [0, 0.1) is 0 Å². The number of hydrogen-bond acceptors (Lipinski definition) is 3. The van der Waals surface area contributed by atoms with Crippen LogP contribution in [-0.4, -0.2) is 18.2 Å². The number of rotatable bonds is 6. The van der Waals surface area contributed by atoms with Crippen molar-refractivity contribution < 1.29 is 4.74 Å². The molecule has 0 fully saturated rings. The molecule has 0 aliphatic rings. The Morgan fingerprint density at radius 1 is 1.50 bits per heavy atom. The Kier molecular flexibility index (Phi) is 4.95. The predicted octanol–water partition coefficient (Wildman–Crippen LogP) is 2.50. The van der Waals surface area contributed by atoms with Gasteiger partial charge in [-0.1, -0.05) is 6.92 Å². The maximum atomic E-state index is 5.36. The Labute approximate surface area is 77.6 Å². The standard InChI is InChI=1S/C9H15NOS/c1-2-5-11-6-3-4-9-7-12-8-10-9/h7-8H,2-6H2,1H3. The zero-order valence-corrected chi connectivity index (χ0v) is 8.27. The minimum Gasteiger partial charge on any atom is -0.381 e. The molecule has 0 aliphatic carbocycles. The molecular weight excluding hydrogens is 170 g/mol. The van der Waals surface area contributed by atoms with E-state index in [-0.39, 0.29) is 0 Å². The third-order valence-electron chi connectivity index (χ3n) is 1.55. The summed E-state index contributed by atoms with van der Waals surface area (Å²) in [5, 5.41) is 2.10. The smallest absolute Gasteiger partial charge is 0.0794 e. The quantitative estimate of drug-likeness (QED) is 0.635. The van der Waals surface area contributed by atoms with Gasteiger partial charge < -0.3 is 4.74 Å². The summed E-state index contributed by atoms with van der Waals surface area (Å²) in [7, 11) is 0. The van der Waals surface area contributed by atoms with Crippen LogP contribution in [0.2, 0.25) is 0 Å². The molecule has 0 radical (unpaired) electrons. The summed E-state index contributed by atoms with van der Waals surface area (Å²) < 4.78 is 5.36. The Morgan fingerprint density at radius 2 is 2.42 bits per heavy atom. The molecule has 0 spiro atoms. The van der Waals surface area contributed by atoms with Gasteiger partial charge in [-0.05, 0) is 19.3 Å². The molecule has 68 valence electrons. The van der Waals surface area contributed by atoms with Crippen molar-refractivity contribution in [3.63, 3.8) is 0 Å². The van der Waals surface area contributed by atoms with Crippen molar-refractivity contribution in [2.24, 2.45) is 0 Å². The van der Waals surface area contributed by atoms with Gasteiger partial charge in [0, 0.05) is 18.6 Å². The van der Waals surface area contributed by atoms with Crippen molar-refractivity contribution in [2.45, 2.75) is 26.2 Å². The van der Waals surface area contributed by atoms with Crippen LogP contribution in [0.3, 0.4) is 0 Å². The molecule has 1 rings (SSSR count). The molecule has 0 atom stereocenters. The molecule has 0 aliphatic heterocycles. The van der Waals surface area contributed by atoms with Crippen LogP contribution in [0.25, 0.3) is 0 Å². The van der Waals surface area contributed by atoms with E-state index in [4.69, 9.17) is 4.74 Å². The average Bonchev–Trinajstić information content (AvgIpc) is 2.57. The third kappa shape index (κ3) is 3.83. The molecule has 2 nitrogen and oxygen atoms in total. The normalized spacial score (nSPS) is 10.4. The molecule has 0 saturated heterocycles. The summed E-state index contributed by atoms with van der Waals surface area (Å²) in [6, 6.07) is 0. The fourth-order valence-electron chi connectivity index (χ4n) is 0.963. The molecule has 12 heavy (non-hydrogen) atoms. The highest BCUT2D eigenvalue weighted by Gasteiger charge is 1.94. The second kappa shape index (κ2) is 6.14. The topological polar surface area (TPSA) is 22.1 Å². The highest BCUT2D eigenvalue weighted by molar-refractivity contribution is 7.07. The Balaban J connectivity index is 1.96. The van der Waals surface area contributed by atoms with E-state index in [1.54, 1.807) is 11.3 Å². The Morgan fingerprint density at radius 3 is 3.08 bits per heavy atom. The van der Waals surface area contributed by atoms with E-state index < -0.39 is 0 Å². The first kappa shape index (κ1) is 9.68. The largest absolute Gasteiger partial charge is 0.381 e. The lowest BCUT2D eigenvalue weighted by atomic mass is 10.3. The van der Waals surface area contributed by atoms with Gasteiger partial charge in [0.25, 0.3) is 0 Å². The minimum absolute atomic E-state index is 0.866. The van der Waals surface area contributed by atoms with Crippen LogP contribution in [0.5, 0.6) is 0 Å². The molecular formula is C9H15NOS. The van der Waals surface area contributed by atoms with Gasteiger partial charge in [0.1, 0.15) is 0 Å². The highest BCUT2D eigenvalue weighted by atomic mass is 32.1. The fourth-order valence-corrected chi connectivity index (χ4v) is 1.56. The number of hydrogen-bond donors (Lipinski definition) is 0. The van der Waals surface area contributed by atoms with E-state index in [1.807, 2.05) is 5.51 Å². The Bertz CT molecular complexity index is 186. The molecule has 1 aromatic heterocycles. The molecule has 0 N–H and O–H groups in total. The van der Waals surface area contributed by atoms with Crippen LogP contribution in [0.4, 0.5) is 0 Å². The maximum Gasteiger partial charge on any atom is 0.0794 e. The molecule has 0 amide bonds. The predicted molar refractivity (Wildman–Crippen MR) is 51.5 cm³/mol. The lowest BCUT2D eigenvalue weighted by Crippen LogP contribution is -1.97. The number of aryl methyl sites for hydroxylation is 1. The van der Waals surface area contributed by atoms with Crippen LogP contribution in [-0.2, 0) is 11.2 Å². The first-order chi connectivity index (χ1) is 5.93. The first-order valence-corrected chi connectivity index (χ1v) is 5.32. The lowest BCUT2D eigenvalue weighted by Gasteiger charge is -1.99. The molecule has 1 heterocycles. The van der Waals surface area contributed by atoms with Gasteiger partial charge >= 0.3 is 0 Å². The first-order valence-electron chi connectivity index (χ1n) is 4.38. The van der Waals surface area contributed by atoms with Crippen molar-refractivity contribution in [1.29, 1.82) is 0 Å². The van der Waals surface area contributed by atoms with Gasteiger partial charge in [-0.3, -0.25) is 0 Å². The molecule has 3 heteroatoms. The summed E-state index contributed by atoms with van der Waals surface area (Å²) in [6.07, 6.45) is 3.24. The monoisotopic (exact) mass is 185 g/mol. The number of aromatic nitrogens is 1. The zero-order chi connectivity index (χ0) is 8.65. The molecule has 0 bridgehead atoms. The van der Waals surface area contributed by atoms with E-state index in [1.165, 1.54) is 5.69 Å². The number of nitrogens with zero attached hydrogens (tertiary/aromatic N) is 1. The summed E-state index contributed by atoms with van der Waals surface area (Å²) >= 11 is 1.66. The van der Waals surface area contributed by atoms with Gasteiger partial charge in [0.2, 0.25) is 0 Å². The molecule has 0 unspecified atom stereocenters. The van der Waals surface area contributed by atoms with Crippen molar-refractivity contribution in [2.75, 3.05) is 13.2 Å². The van der Waals surface area contributed by atoms with Gasteiger partial charge in [-0.15, -0.1) is 11.3 Å². The number of ether oxygens (including phenoxy) is 1. The Hall–Kier alpha value is -0.410. The second-order valence-electron chi connectivity index (χ2n) is 2.70. The SMILES string of the molecule is CCCOCCCc1cscn1. The van der Waals surface area contributed by atoms with Gasteiger partial charge in [0.15, 0.2) is 0 Å². The van der Waals surface area contributed by atoms with Crippen molar-refractivity contribution in [1.82, 2.24) is 4.98 Å². The maximum absolute atomic E-state index is 5.36. The number of thiazole rings is 1. The second-order valence-corrected chi connectivity index (χ2v) is 3.41. The summed E-state index contributed by atoms with van der Waals surface area (Å²) in [4.78, 5) is 4.20. The van der Waals surface area contributed by atoms with Crippen LogP contribution in [0.1, 0.15) is 25.5 Å². The van der Waals surface area contributed by atoms with Crippen molar-refractivity contribution >= 4 is 11.3 Å². The van der Waals surface area contributed by atoms with E-state index in [0.29, 0.717) is 0 Å². The van der Waals surface area contributed by atoms with E-state index in [0.717, 1.165) is 32.5 Å². The molecule has 0 saturated carbocycles. The minimum atomic E-state index is 0.866. The molecule has 0 aromatic carbocycles. The zero-order valence-electron chi connectivity index (χ0n) is 7.45. The summed E-state index contributed by atoms with van der Waals surface area (Å²) in [6.45, 7) is 3.88. The van der Waals surface area contributed by atoms with Gasteiger partial charge in [-0.25, -0.2) is 4.98 Å². The van der Waals surface area contributed by atoms with Crippen molar-refractivity contribution in [3.05, 3.63) is 16.6 Å². The summed E-state index contributed by atoms with van der Waals surface area (Å²) in [5.74, 6) is 0. The summed E-state index contributed by atoms with van der Waals surface area (Å²) in [5.41, 5.74) is 3.07. The van der Waals surface area contributed by atoms with E-state index in [9.17, 15) is 0 Å². The fraction of sp³-hybridized carbons (Fsp3) is 0.667. The third-order valence-corrected chi connectivity index (χ3v) is 2.19. The van der Waals surface area contributed by atoms with Crippen LogP contribution in [0.15, 0.2) is 10.9 Å². The lowest BCUT2D eigenvalue weighted by molar-refractivity contribution is 0.132. The van der Waals surface area contributed by atoms with Crippen molar-refractivity contribution in [3.8, 4) is 0 Å². The van der Waals surface area contributed by atoms with E-state index >= 15 is 0 Å². The molecule has 1 aromatic rings. The highest BCUT2D eigenvalue weighted by Crippen LogP contribution is 2.03. The van der Waals surface area contributed by atoms with Gasteiger partial charge in [0.05, 0.1) is 11.2 Å². The van der Waals surface area contributed by atoms with Crippen LogP contribution >= 0.6 is 11.3 Å². The van der Waals surface area contributed by atoms with Crippen LogP contribution < -0.4 is 0 Å².